The molecule has 1 aromatic heterocycles. The van der Waals surface area contributed by atoms with E-state index in [1.807, 2.05) is 13.1 Å². The summed E-state index contributed by atoms with van der Waals surface area (Å²) in [5.41, 5.74) is 5.74. The van der Waals surface area contributed by atoms with E-state index in [0.29, 0.717) is 5.82 Å². The summed E-state index contributed by atoms with van der Waals surface area (Å²) >= 11 is 0. The van der Waals surface area contributed by atoms with E-state index in [9.17, 15) is 0 Å². The summed E-state index contributed by atoms with van der Waals surface area (Å²) in [4.78, 5) is 11.0. The molecule has 0 aromatic carbocycles. The van der Waals surface area contributed by atoms with Crippen molar-refractivity contribution in [3.05, 3.63) is 11.9 Å². The third kappa shape index (κ3) is 3.08. The number of anilines is 2. The maximum absolute atomic E-state index is 5.81. The molecule has 1 rings (SSSR count). The molecule has 0 unspecified atom stereocenters. The van der Waals surface area contributed by atoms with Gasteiger partial charge in [0.25, 0.3) is 0 Å². The molecule has 0 aliphatic carbocycles. The van der Waals surface area contributed by atoms with Gasteiger partial charge in [-0.3, -0.25) is 0 Å². The van der Waals surface area contributed by atoms with Crippen LogP contribution in [0.2, 0.25) is 0 Å². The summed E-state index contributed by atoms with van der Waals surface area (Å²) in [7, 11) is 2.03. The Morgan fingerprint density at radius 3 is 2.44 bits per heavy atom. The lowest BCUT2D eigenvalue weighted by atomic mass is 9.96. The van der Waals surface area contributed by atoms with Gasteiger partial charge in [0.2, 0.25) is 0 Å². The Morgan fingerprint density at radius 1 is 1.31 bits per heavy atom. The van der Waals surface area contributed by atoms with Crippen LogP contribution >= 0.6 is 0 Å². The normalized spacial score (nSPS) is 11.6. The van der Waals surface area contributed by atoms with Crippen molar-refractivity contribution in [3.63, 3.8) is 0 Å². The van der Waals surface area contributed by atoms with Gasteiger partial charge < -0.3 is 10.6 Å². The number of nitrogen functional groups attached to an aromatic ring is 1. The average molecular weight is 222 g/mol. The van der Waals surface area contributed by atoms with Gasteiger partial charge in [-0.25, -0.2) is 9.97 Å². The molecule has 2 N–H and O–H groups in total. The first-order valence-electron chi connectivity index (χ1n) is 5.70. The molecule has 0 bridgehead atoms. The van der Waals surface area contributed by atoms with Crippen molar-refractivity contribution in [2.75, 3.05) is 24.2 Å². The fraction of sp³-hybridized carbons (Fsp3) is 0.667. The summed E-state index contributed by atoms with van der Waals surface area (Å²) in [5.74, 6) is 2.24. The summed E-state index contributed by atoms with van der Waals surface area (Å²) in [6.45, 7) is 9.38. The first kappa shape index (κ1) is 12.7. The van der Waals surface area contributed by atoms with E-state index in [1.54, 1.807) is 0 Å². The van der Waals surface area contributed by atoms with E-state index in [0.717, 1.165) is 24.6 Å². The molecule has 1 aromatic rings. The second-order valence-corrected chi connectivity index (χ2v) is 5.15. The third-order valence-corrected chi connectivity index (χ3v) is 2.35. The minimum absolute atomic E-state index is 0.0722. The molecule has 0 amide bonds. The minimum Gasteiger partial charge on any atom is -0.384 e. The minimum atomic E-state index is -0.0722. The fourth-order valence-electron chi connectivity index (χ4n) is 1.43. The molecule has 0 spiro atoms. The Kier molecular flexibility index (Phi) is 3.73. The molecule has 90 valence electrons. The molecular formula is C12H22N4. The van der Waals surface area contributed by atoms with Crippen LogP contribution in [0.5, 0.6) is 0 Å². The van der Waals surface area contributed by atoms with Gasteiger partial charge >= 0.3 is 0 Å². The van der Waals surface area contributed by atoms with Crippen molar-refractivity contribution in [3.8, 4) is 0 Å². The number of aromatic nitrogens is 2. The standard InChI is InChI=1S/C12H22N4/c1-6-7-16(5)10-8-9(13)14-11(15-10)12(2,3)4/h8H,6-7H2,1-5H3,(H2,13,14,15). The van der Waals surface area contributed by atoms with Gasteiger partial charge in [-0.2, -0.15) is 0 Å². The van der Waals surface area contributed by atoms with Gasteiger partial charge in [-0.15, -0.1) is 0 Å². The quantitative estimate of drug-likeness (QED) is 0.852. The molecule has 1 heterocycles. The Hall–Kier alpha value is -1.32. The molecule has 0 saturated heterocycles. The first-order valence-corrected chi connectivity index (χ1v) is 5.70. The maximum Gasteiger partial charge on any atom is 0.138 e. The zero-order chi connectivity index (χ0) is 12.3. The van der Waals surface area contributed by atoms with Gasteiger partial charge in [-0.05, 0) is 6.42 Å². The van der Waals surface area contributed by atoms with Crippen LogP contribution in [-0.4, -0.2) is 23.6 Å². The Morgan fingerprint density at radius 2 is 1.94 bits per heavy atom. The van der Waals surface area contributed by atoms with Crippen LogP contribution in [0.15, 0.2) is 6.07 Å². The van der Waals surface area contributed by atoms with Crippen LogP contribution in [0.4, 0.5) is 11.6 Å². The highest BCUT2D eigenvalue weighted by Gasteiger charge is 2.19. The Balaban J connectivity index is 3.08. The average Bonchev–Trinajstić information content (AvgIpc) is 2.16. The van der Waals surface area contributed by atoms with Crippen LogP contribution in [-0.2, 0) is 5.41 Å². The van der Waals surface area contributed by atoms with Crippen molar-refractivity contribution in [1.82, 2.24) is 9.97 Å². The summed E-state index contributed by atoms with van der Waals surface area (Å²) < 4.78 is 0. The van der Waals surface area contributed by atoms with E-state index < -0.39 is 0 Å². The van der Waals surface area contributed by atoms with Crippen LogP contribution in [0.25, 0.3) is 0 Å². The zero-order valence-corrected chi connectivity index (χ0v) is 10.9. The lowest BCUT2D eigenvalue weighted by Crippen LogP contribution is -2.23. The third-order valence-electron chi connectivity index (χ3n) is 2.35. The number of rotatable bonds is 3. The van der Waals surface area contributed by atoms with E-state index in [2.05, 4.69) is 42.6 Å². The second kappa shape index (κ2) is 4.68. The lowest BCUT2D eigenvalue weighted by molar-refractivity contribution is 0.545. The maximum atomic E-state index is 5.81. The molecular weight excluding hydrogens is 200 g/mol. The smallest absolute Gasteiger partial charge is 0.138 e. The van der Waals surface area contributed by atoms with Crippen LogP contribution in [0.3, 0.4) is 0 Å². The van der Waals surface area contributed by atoms with Gasteiger partial charge in [0, 0.05) is 25.1 Å². The predicted octanol–water partition coefficient (Wildman–Crippen LogP) is 2.20. The highest BCUT2D eigenvalue weighted by Crippen LogP contribution is 2.22. The monoisotopic (exact) mass is 222 g/mol. The number of hydrogen-bond acceptors (Lipinski definition) is 4. The van der Waals surface area contributed by atoms with Crippen LogP contribution in [0.1, 0.15) is 39.9 Å². The van der Waals surface area contributed by atoms with Crippen molar-refractivity contribution in [2.24, 2.45) is 0 Å². The molecule has 0 aliphatic rings. The summed E-state index contributed by atoms with van der Waals surface area (Å²) in [6, 6.07) is 1.82. The molecule has 0 fully saturated rings. The van der Waals surface area contributed by atoms with Gasteiger partial charge in [-0.1, -0.05) is 27.7 Å². The largest absolute Gasteiger partial charge is 0.384 e. The molecule has 16 heavy (non-hydrogen) atoms. The lowest BCUT2D eigenvalue weighted by Gasteiger charge is -2.22. The highest BCUT2D eigenvalue weighted by molar-refractivity contribution is 5.46. The van der Waals surface area contributed by atoms with Gasteiger partial charge in [0.05, 0.1) is 0 Å². The van der Waals surface area contributed by atoms with E-state index >= 15 is 0 Å². The summed E-state index contributed by atoms with van der Waals surface area (Å²) in [6.07, 6.45) is 1.09. The highest BCUT2D eigenvalue weighted by atomic mass is 15.2. The van der Waals surface area contributed by atoms with Crippen molar-refractivity contribution in [1.29, 1.82) is 0 Å². The van der Waals surface area contributed by atoms with Crippen LogP contribution < -0.4 is 10.6 Å². The Labute approximate surface area is 97.9 Å². The van der Waals surface area contributed by atoms with Gasteiger partial charge in [0.15, 0.2) is 0 Å². The van der Waals surface area contributed by atoms with Crippen LogP contribution in [0, 0.1) is 0 Å². The SMILES string of the molecule is CCCN(C)c1cc(N)nc(C(C)(C)C)n1. The number of nitrogens with two attached hydrogens (primary N) is 1. The van der Waals surface area contributed by atoms with E-state index in [4.69, 9.17) is 5.73 Å². The Bertz CT molecular complexity index is 355. The fourth-order valence-corrected chi connectivity index (χ4v) is 1.43. The van der Waals surface area contributed by atoms with Crippen molar-refractivity contribution in [2.45, 2.75) is 39.5 Å². The second-order valence-electron chi connectivity index (χ2n) is 5.15. The molecule has 0 aliphatic heterocycles. The van der Waals surface area contributed by atoms with E-state index in [-0.39, 0.29) is 5.41 Å². The molecule has 4 heteroatoms. The topological polar surface area (TPSA) is 55.0 Å². The van der Waals surface area contributed by atoms with Gasteiger partial charge in [0.1, 0.15) is 17.5 Å². The number of hydrogen-bond donors (Lipinski definition) is 1. The molecule has 0 radical (unpaired) electrons. The van der Waals surface area contributed by atoms with Crippen molar-refractivity contribution < 1.29 is 0 Å². The van der Waals surface area contributed by atoms with Crippen molar-refractivity contribution >= 4 is 11.6 Å². The number of nitrogens with zero attached hydrogens (tertiary/aromatic N) is 3. The first-order chi connectivity index (χ1) is 7.34. The predicted molar refractivity (Wildman–Crippen MR) is 68.7 cm³/mol. The molecule has 0 atom stereocenters. The molecule has 0 saturated carbocycles. The summed E-state index contributed by atoms with van der Waals surface area (Å²) in [5, 5.41) is 0. The molecule has 4 nitrogen and oxygen atoms in total. The zero-order valence-electron chi connectivity index (χ0n) is 10.9. The van der Waals surface area contributed by atoms with E-state index in [1.165, 1.54) is 0 Å².